The highest BCUT2D eigenvalue weighted by Gasteiger charge is 2.32. The lowest BCUT2D eigenvalue weighted by molar-refractivity contribution is -0.127. The number of hydrogen-bond donors (Lipinski definition) is 1. The van der Waals surface area contributed by atoms with Crippen LogP contribution in [0, 0.1) is 12.8 Å². The van der Waals surface area contributed by atoms with Crippen molar-refractivity contribution in [3.63, 3.8) is 0 Å². The highest BCUT2D eigenvalue weighted by Crippen LogP contribution is 2.44. The van der Waals surface area contributed by atoms with Gasteiger partial charge in [-0.05, 0) is 39.0 Å². The van der Waals surface area contributed by atoms with Crippen molar-refractivity contribution in [3.8, 4) is 11.3 Å². The van der Waals surface area contributed by atoms with Crippen LogP contribution in [-0.4, -0.2) is 40.6 Å². The van der Waals surface area contributed by atoms with Gasteiger partial charge in [0.15, 0.2) is 5.76 Å². The van der Waals surface area contributed by atoms with E-state index in [9.17, 15) is 4.79 Å². The number of hydrogen-bond acceptors (Lipinski definition) is 5. The minimum atomic E-state index is 0.0666. The van der Waals surface area contributed by atoms with Gasteiger partial charge in [0.05, 0.1) is 35.8 Å². The summed E-state index contributed by atoms with van der Waals surface area (Å²) in [6.07, 6.45) is 8.33. The lowest BCUT2D eigenvalue weighted by Gasteiger charge is -2.27. The van der Waals surface area contributed by atoms with Crippen molar-refractivity contribution < 1.29 is 14.1 Å². The molecule has 7 heteroatoms. The molecule has 2 aromatic heterocycles. The van der Waals surface area contributed by atoms with Gasteiger partial charge in [-0.15, -0.1) is 0 Å². The molecule has 0 spiro atoms. The summed E-state index contributed by atoms with van der Waals surface area (Å²) in [5.41, 5.74) is 3.10. The van der Waals surface area contributed by atoms with Crippen molar-refractivity contribution in [2.45, 2.75) is 64.0 Å². The van der Waals surface area contributed by atoms with Gasteiger partial charge in [-0.2, -0.15) is 5.10 Å². The van der Waals surface area contributed by atoms with Crippen LogP contribution in [0.4, 0.5) is 0 Å². The van der Waals surface area contributed by atoms with E-state index >= 15 is 0 Å². The molecule has 4 rings (SSSR count). The van der Waals surface area contributed by atoms with Crippen LogP contribution >= 0.6 is 0 Å². The first-order chi connectivity index (χ1) is 13.2. The van der Waals surface area contributed by atoms with E-state index in [-0.39, 0.29) is 17.9 Å². The van der Waals surface area contributed by atoms with Crippen LogP contribution in [0.15, 0.2) is 16.8 Å². The van der Waals surface area contributed by atoms with E-state index in [0.717, 1.165) is 42.7 Å². The van der Waals surface area contributed by atoms with Crippen LogP contribution in [0.2, 0.25) is 0 Å². The number of nitrogens with zero attached hydrogens (tertiary/aromatic N) is 3. The number of carbonyl (C=O) groups is 1. The maximum atomic E-state index is 12.5. The van der Waals surface area contributed by atoms with Gasteiger partial charge < -0.3 is 14.6 Å². The Balaban J connectivity index is 1.37. The molecule has 2 aromatic rings. The third-order valence-corrected chi connectivity index (χ3v) is 5.69. The van der Waals surface area contributed by atoms with E-state index in [4.69, 9.17) is 9.26 Å². The van der Waals surface area contributed by atoms with Gasteiger partial charge in [0.2, 0.25) is 5.91 Å². The maximum Gasteiger partial charge on any atom is 0.223 e. The molecule has 27 heavy (non-hydrogen) atoms. The molecular formula is C20H28N4O3. The van der Waals surface area contributed by atoms with Crippen molar-refractivity contribution in [3.05, 3.63) is 23.7 Å². The van der Waals surface area contributed by atoms with Crippen LogP contribution in [0.3, 0.4) is 0 Å². The Morgan fingerprint density at radius 1 is 1.37 bits per heavy atom. The second kappa shape index (κ2) is 7.84. The molecule has 1 amide bonds. The van der Waals surface area contributed by atoms with Gasteiger partial charge in [0.25, 0.3) is 0 Å². The number of carbonyl (C=O) groups excluding carboxylic acids is 1. The summed E-state index contributed by atoms with van der Waals surface area (Å²) in [6.45, 7) is 3.18. The number of ether oxygens (including phenoxy) is 1. The zero-order valence-corrected chi connectivity index (χ0v) is 16.1. The smallest absolute Gasteiger partial charge is 0.223 e. The number of nitrogens with one attached hydrogen (secondary N) is 1. The molecule has 0 unspecified atom stereocenters. The Labute approximate surface area is 159 Å². The molecule has 7 nitrogen and oxygen atoms in total. The maximum absolute atomic E-state index is 12.5. The summed E-state index contributed by atoms with van der Waals surface area (Å²) < 4.78 is 12.9. The van der Waals surface area contributed by atoms with Crippen molar-refractivity contribution in [2.24, 2.45) is 5.92 Å². The van der Waals surface area contributed by atoms with Gasteiger partial charge >= 0.3 is 0 Å². The van der Waals surface area contributed by atoms with Crippen molar-refractivity contribution >= 4 is 5.91 Å². The fourth-order valence-electron chi connectivity index (χ4n) is 4.07. The molecular weight excluding hydrogens is 344 g/mol. The van der Waals surface area contributed by atoms with E-state index in [2.05, 4.69) is 15.6 Å². The summed E-state index contributed by atoms with van der Waals surface area (Å²) in [7, 11) is 1.73. The number of rotatable bonds is 7. The monoisotopic (exact) mass is 372 g/mol. The van der Waals surface area contributed by atoms with Crippen LogP contribution in [0.25, 0.3) is 11.3 Å². The highest BCUT2D eigenvalue weighted by atomic mass is 16.5. The molecule has 0 bridgehead atoms. The van der Waals surface area contributed by atoms with E-state index in [1.807, 2.05) is 23.9 Å². The SMILES string of the molecule is CO[C@@H]1CCC[C@@H](C(=O)NCCn2ncc(-c3cc(C)no3)c2C2CC2)C1. The minimum absolute atomic E-state index is 0.0666. The van der Waals surface area contributed by atoms with E-state index in [1.165, 1.54) is 18.5 Å². The fraction of sp³-hybridized carbons (Fsp3) is 0.650. The molecule has 0 saturated heterocycles. The molecule has 2 aliphatic carbocycles. The Morgan fingerprint density at radius 3 is 2.93 bits per heavy atom. The zero-order chi connectivity index (χ0) is 18.8. The van der Waals surface area contributed by atoms with Crippen LogP contribution in [0.1, 0.15) is 55.8 Å². The molecule has 0 aliphatic heterocycles. The molecule has 2 fully saturated rings. The van der Waals surface area contributed by atoms with Gasteiger partial charge in [-0.3, -0.25) is 9.48 Å². The standard InChI is InChI=1S/C20H28N4O3/c1-13-10-18(27-23-13)17-12-22-24(19(17)14-6-7-14)9-8-21-20(25)15-4-3-5-16(11-15)26-2/h10,12,14-16H,3-9,11H2,1-2H3,(H,21,25)/t15-,16-/m1/s1. The Morgan fingerprint density at radius 2 is 2.22 bits per heavy atom. The predicted molar refractivity (Wildman–Crippen MR) is 100 cm³/mol. The fourth-order valence-corrected chi connectivity index (χ4v) is 4.07. The third kappa shape index (κ3) is 4.08. The van der Waals surface area contributed by atoms with Gasteiger partial charge in [-0.25, -0.2) is 0 Å². The zero-order valence-electron chi connectivity index (χ0n) is 16.1. The predicted octanol–water partition coefficient (Wildman–Crippen LogP) is 3.05. The summed E-state index contributed by atoms with van der Waals surface area (Å²) >= 11 is 0. The van der Waals surface area contributed by atoms with Gasteiger partial charge in [-0.1, -0.05) is 11.6 Å². The molecule has 2 atom stereocenters. The second-order valence-electron chi connectivity index (χ2n) is 7.79. The summed E-state index contributed by atoms with van der Waals surface area (Å²) in [4.78, 5) is 12.5. The molecule has 146 valence electrons. The molecule has 2 heterocycles. The Hall–Kier alpha value is -2.15. The molecule has 1 N–H and O–H groups in total. The normalized spacial score (nSPS) is 22.7. The van der Waals surface area contributed by atoms with E-state index in [1.54, 1.807) is 7.11 Å². The van der Waals surface area contributed by atoms with Crippen LogP contribution in [-0.2, 0) is 16.1 Å². The van der Waals surface area contributed by atoms with Crippen molar-refractivity contribution in [1.29, 1.82) is 0 Å². The summed E-state index contributed by atoms with van der Waals surface area (Å²) in [6, 6.07) is 1.95. The van der Waals surface area contributed by atoms with Gasteiger partial charge in [0.1, 0.15) is 0 Å². The van der Waals surface area contributed by atoms with E-state index in [0.29, 0.717) is 19.0 Å². The molecule has 0 radical (unpaired) electrons. The quantitative estimate of drug-likeness (QED) is 0.808. The van der Waals surface area contributed by atoms with Crippen molar-refractivity contribution in [1.82, 2.24) is 20.3 Å². The first-order valence-corrected chi connectivity index (χ1v) is 9.95. The lowest BCUT2D eigenvalue weighted by atomic mass is 9.86. The highest BCUT2D eigenvalue weighted by molar-refractivity contribution is 5.78. The summed E-state index contributed by atoms with van der Waals surface area (Å²) in [5, 5.41) is 11.6. The number of aryl methyl sites for hydroxylation is 1. The Bertz CT molecular complexity index is 793. The van der Waals surface area contributed by atoms with Crippen molar-refractivity contribution in [2.75, 3.05) is 13.7 Å². The first kappa shape index (κ1) is 18.2. The largest absolute Gasteiger partial charge is 0.381 e. The van der Waals surface area contributed by atoms with E-state index < -0.39 is 0 Å². The van der Waals surface area contributed by atoms with Gasteiger partial charge in [0, 0.05) is 31.6 Å². The van der Waals surface area contributed by atoms with Crippen LogP contribution in [0.5, 0.6) is 0 Å². The minimum Gasteiger partial charge on any atom is -0.381 e. The van der Waals surface area contributed by atoms with Crippen LogP contribution < -0.4 is 5.32 Å². The molecule has 0 aromatic carbocycles. The number of aromatic nitrogens is 3. The second-order valence-corrected chi connectivity index (χ2v) is 7.79. The average molecular weight is 372 g/mol. The topological polar surface area (TPSA) is 82.2 Å². The molecule has 2 saturated carbocycles. The molecule has 2 aliphatic rings. The number of methoxy groups -OCH3 is 1. The number of amides is 1. The average Bonchev–Trinajstić information content (AvgIpc) is 3.30. The third-order valence-electron chi connectivity index (χ3n) is 5.69. The first-order valence-electron chi connectivity index (χ1n) is 9.95. The Kier molecular flexibility index (Phi) is 5.29. The lowest BCUT2D eigenvalue weighted by Crippen LogP contribution is -2.37. The summed E-state index contributed by atoms with van der Waals surface area (Å²) in [5.74, 6) is 1.52.